The summed E-state index contributed by atoms with van der Waals surface area (Å²) in [6.45, 7) is 9.51. The Morgan fingerprint density at radius 1 is 1.24 bits per heavy atom. The Bertz CT molecular complexity index is 468. The number of phenolic OH excluding ortho intramolecular Hbond substituents is 1. The number of carbonyl (C=O) groups excluding carboxylic acids is 1. The molecule has 0 spiro atoms. The van der Waals surface area contributed by atoms with Gasteiger partial charge in [0, 0.05) is 11.5 Å². The Balaban J connectivity index is 3.16. The van der Waals surface area contributed by atoms with E-state index in [2.05, 4.69) is 0 Å². The van der Waals surface area contributed by atoms with E-state index >= 15 is 0 Å². The second-order valence-electron chi connectivity index (χ2n) is 4.79. The largest absolute Gasteiger partial charge is 0.507 e. The van der Waals surface area contributed by atoms with Crippen molar-refractivity contribution in [2.45, 2.75) is 34.6 Å². The zero-order chi connectivity index (χ0) is 13.2. The van der Waals surface area contributed by atoms with Gasteiger partial charge in [-0.15, -0.1) is 0 Å². The first kappa shape index (κ1) is 13.5. The fourth-order valence-corrected chi connectivity index (χ4v) is 1.65. The summed E-state index contributed by atoms with van der Waals surface area (Å²) in [6, 6.07) is 2.02. The lowest BCUT2D eigenvalue weighted by Gasteiger charge is -2.10. The van der Waals surface area contributed by atoms with E-state index in [0.717, 1.165) is 22.3 Å². The highest BCUT2D eigenvalue weighted by Crippen LogP contribution is 2.29. The number of hydrogen-bond acceptors (Lipinski definition) is 2. The van der Waals surface area contributed by atoms with E-state index in [1.165, 1.54) is 0 Å². The summed E-state index contributed by atoms with van der Waals surface area (Å²) in [5, 5.41) is 10.0. The Morgan fingerprint density at radius 3 is 2.35 bits per heavy atom. The minimum absolute atomic E-state index is 0.0137. The number of aromatic hydroxyl groups is 1. The maximum Gasteiger partial charge on any atom is 0.158 e. The van der Waals surface area contributed by atoms with Gasteiger partial charge in [-0.1, -0.05) is 19.9 Å². The summed E-state index contributed by atoms with van der Waals surface area (Å²) in [6.07, 6.45) is 3.25. The molecule has 1 aromatic rings. The number of aryl methyl sites for hydroxylation is 2. The Kier molecular flexibility index (Phi) is 4.11. The highest BCUT2D eigenvalue weighted by Gasteiger charge is 2.09. The predicted octanol–water partition coefficient (Wildman–Crippen LogP) is 3.56. The summed E-state index contributed by atoms with van der Waals surface area (Å²) >= 11 is 0. The van der Waals surface area contributed by atoms with E-state index in [0.29, 0.717) is 0 Å². The average molecular weight is 232 g/mol. The number of hydrogen-bond donors (Lipinski definition) is 1. The van der Waals surface area contributed by atoms with E-state index in [9.17, 15) is 9.90 Å². The number of ketones is 1. The van der Waals surface area contributed by atoms with Gasteiger partial charge < -0.3 is 5.11 Å². The van der Waals surface area contributed by atoms with Crippen molar-refractivity contribution >= 4 is 11.9 Å². The van der Waals surface area contributed by atoms with Crippen LogP contribution in [0, 0.1) is 26.7 Å². The van der Waals surface area contributed by atoms with Crippen LogP contribution >= 0.6 is 0 Å². The van der Waals surface area contributed by atoms with E-state index in [1.807, 2.05) is 40.7 Å². The Morgan fingerprint density at radius 2 is 1.82 bits per heavy atom. The minimum atomic E-state index is -0.0137. The molecule has 1 aromatic carbocycles. The van der Waals surface area contributed by atoms with E-state index in [-0.39, 0.29) is 17.5 Å². The molecule has 0 aliphatic rings. The van der Waals surface area contributed by atoms with Crippen molar-refractivity contribution in [2.24, 2.45) is 5.92 Å². The summed E-state index contributed by atoms with van der Waals surface area (Å²) in [4.78, 5) is 11.5. The maximum atomic E-state index is 11.5. The lowest BCUT2D eigenvalue weighted by Crippen LogP contribution is -2.02. The molecule has 2 nitrogen and oxygen atoms in total. The summed E-state index contributed by atoms with van der Waals surface area (Å²) in [5.41, 5.74) is 3.65. The first-order valence-electron chi connectivity index (χ1n) is 5.86. The SMILES string of the molecule is Cc1cc(C)c(/C=C\C(=O)C(C)C)c(O)c1C. The molecule has 2 heteroatoms. The van der Waals surface area contributed by atoms with Crippen LogP contribution in [0.5, 0.6) is 5.75 Å². The van der Waals surface area contributed by atoms with Crippen molar-refractivity contribution in [3.05, 3.63) is 34.4 Å². The van der Waals surface area contributed by atoms with Crippen LogP contribution in [0.4, 0.5) is 0 Å². The van der Waals surface area contributed by atoms with Gasteiger partial charge in [-0.3, -0.25) is 4.79 Å². The highest BCUT2D eigenvalue weighted by molar-refractivity contribution is 5.95. The fraction of sp³-hybridized carbons (Fsp3) is 0.400. The van der Waals surface area contributed by atoms with E-state index < -0.39 is 0 Å². The molecule has 0 bridgehead atoms. The highest BCUT2D eigenvalue weighted by atomic mass is 16.3. The number of benzene rings is 1. The van der Waals surface area contributed by atoms with Crippen molar-refractivity contribution in [2.75, 3.05) is 0 Å². The van der Waals surface area contributed by atoms with Crippen molar-refractivity contribution in [3.8, 4) is 5.75 Å². The molecule has 0 fully saturated rings. The van der Waals surface area contributed by atoms with Crippen LogP contribution in [0.1, 0.15) is 36.1 Å². The lowest BCUT2D eigenvalue weighted by atomic mass is 9.98. The van der Waals surface area contributed by atoms with Gasteiger partial charge in [-0.05, 0) is 49.6 Å². The predicted molar refractivity (Wildman–Crippen MR) is 71.2 cm³/mol. The summed E-state index contributed by atoms with van der Waals surface area (Å²) < 4.78 is 0. The standard InChI is InChI=1S/C15H20O2/c1-9(2)14(16)7-6-13-11(4)8-10(3)12(5)15(13)17/h6-9,17H,1-5H3/b7-6-. The Hall–Kier alpha value is -1.57. The van der Waals surface area contributed by atoms with Crippen LogP contribution in [0.2, 0.25) is 0 Å². The molecule has 0 atom stereocenters. The summed E-state index contributed by atoms with van der Waals surface area (Å²) in [5.74, 6) is 0.331. The number of rotatable bonds is 3. The lowest BCUT2D eigenvalue weighted by molar-refractivity contribution is -0.117. The third-order valence-electron chi connectivity index (χ3n) is 3.04. The van der Waals surface area contributed by atoms with Gasteiger partial charge in [0.2, 0.25) is 0 Å². The first-order valence-corrected chi connectivity index (χ1v) is 5.86. The van der Waals surface area contributed by atoms with Crippen molar-refractivity contribution in [3.63, 3.8) is 0 Å². The van der Waals surface area contributed by atoms with Gasteiger partial charge in [-0.2, -0.15) is 0 Å². The van der Waals surface area contributed by atoms with Crippen LogP contribution in [0.25, 0.3) is 6.08 Å². The molecule has 0 amide bonds. The Labute approximate surface area is 103 Å². The van der Waals surface area contributed by atoms with Crippen molar-refractivity contribution < 1.29 is 9.90 Å². The zero-order valence-electron chi connectivity index (χ0n) is 11.2. The molecule has 1 rings (SSSR count). The number of allylic oxidation sites excluding steroid dienone is 1. The smallest absolute Gasteiger partial charge is 0.158 e. The third kappa shape index (κ3) is 2.96. The maximum absolute atomic E-state index is 11.5. The molecule has 0 unspecified atom stereocenters. The molecule has 1 N–H and O–H groups in total. The molecular weight excluding hydrogens is 212 g/mol. The monoisotopic (exact) mass is 232 g/mol. The van der Waals surface area contributed by atoms with Crippen LogP contribution in [-0.4, -0.2) is 10.9 Å². The minimum Gasteiger partial charge on any atom is -0.507 e. The molecule has 92 valence electrons. The molecule has 0 aromatic heterocycles. The quantitative estimate of drug-likeness (QED) is 0.809. The topological polar surface area (TPSA) is 37.3 Å². The summed E-state index contributed by atoms with van der Waals surface area (Å²) in [7, 11) is 0. The van der Waals surface area contributed by atoms with E-state index in [4.69, 9.17) is 0 Å². The first-order chi connectivity index (χ1) is 7.84. The van der Waals surface area contributed by atoms with Gasteiger partial charge in [0.25, 0.3) is 0 Å². The van der Waals surface area contributed by atoms with Crippen molar-refractivity contribution in [1.29, 1.82) is 0 Å². The molecule has 0 aliphatic carbocycles. The van der Waals surface area contributed by atoms with Gasteiger partial charge in [0.05, 0.1) is 0 Å². The van der Waals surface area contributed by atoms with Gasteiger partial charge >= 0.3 is 0 Å². The van der Waals surface area contributed by atoms with Gasteiger partial charge in [-0.25, -0.2) is 0 Å². The molecule has 0 saturated heterocycles. The second kappa shape index (κ2) is 5.17. The zero-order valence-corrected chi connectivity index (χ0v) is 11.2. The van der Waals surface area contributed by atoms with Crippen LogP contribution < -0.4 is 0 Å². The van der Waals surface area contributed by atoms with Gasteiger partial charge in [0.1, 0.15) is 5.75 Å². The van der Waals surface area contributed by atoms with Crippen LogP contribution in [0.15, 0.2) is 12.1 Å². The normalized spacial score (nSPS) is 11.4. The van der Waals surface area contributed by atoms with Crippen molar-refractivity contribution in [1.82, 2.24) is 0 Å². The molecule has 0 radical (unpaired) electrons. The van der Waals surface area contributed by atoms with E-state index in [1.54, 1.807) is 12.2 Å². The second-order valence-corrected chi connectivity index (χ2v) is 4.79. The number of carbonyl (C=O) groups is 1. The molecule has 0 heterocycles. The molecule has 0 aliphatic heterocycles. The fourth-order valence-electron chi connectivity index (χ4n) is 1.65. The van der Waals surface area contributed by atoms with Crippen LogP contribution in [0.3, 0.4) is 0 Å². The molecule has 0 saturated carbocycles. The number of phenols is 1. The van der Waals surface area contributed by atoms with Gasteiger partial charge in [0.15, 0.2) is 5.78 Å². The third-order valence-corrected chi connectivity index (χ3v) is 3.04. The average Bonchev–Trinajstić information content (AvgIpc) is 2.25. The molecule has 17 heavy (non-hydrogen) atoms. The molecular formula is C15H20O2. The van der Waals surface area contributed by atoms with Crippen LogP contribution in [-0.2, 0) is 4.79 Å².